The van der Waals surface area contributed by atoms with Gasteiger partial charge in [0.1, 0.15) is 11.6 Å². The Bertz CT molecular complexity index is 903. The van der Waals surface area contributed by atoms with Gasteiger partial charge in [-0.25, -0.2) is 12.8 Å². The highest BCUT2D eigenvalue weighted by Gasteiger charge is 2.19. The van der Waals surface area contributed by atoms with Crippen molar-refractivity contribution in [2.45, 2.75) is 18.2 Å². The number of rotatable bonds is 6. The number of carbonyl (C=O) groups is 1. The van der Waals surface area contributed by atoms with Crippen LogP contribution in [0.5, 0.6) is 5.75 Å². The third kappa shape index (κ3) is 4.70. The van der Waals surface area contributed by atoms with Crippen molar-refractivity contribution in [3.8, 4) is 5.75 Å². The molecule has 0 unspecified atom stereocenters. The number of benzene rings is 2. The number of carbonyl (C=O) groups excluding carboxylic acids is 1. The number of hydrogen-bond acceptors (Lipinski definition) is 4. The maximum atomic E-state index is 13.9. The summed E-state index contributed by atoms with van der Waals surface area (Å²) >= 11 is 3.10. The molecule has 6 nitrogen and oxygen atoms in total. The van der Waals surface area contributed by atoms with Crippen LogP contribution in [-0.2, 0) is 14.8 Å². The van der Waals surface area contributed by atoms with Crippen LogP contribution in [0.4, 0.5) is 15.8 Å². The summed E-state index contributed by atoms with van der Waals surface area (Å²) in [6, 6.07) is 7.95. The number of halogens is 2. The minimum Gasteiger partial charge on any atom is -0.495 e. The van der Waals surface area contributed by atoms with Gasteiger partial charge in [0.05, 0.1) is 23.4 Å². The summed E-state index contributed by atoms with van der Waals surface area (Å²) in [5.74, 6) is -0.693. The van der Waals surface area contributed by atoms with Crippen LogP contribution in [0.15, 0.2) is 45.8 Å². The molecule has 0 radical (unpaired) electrons. The smallest absolute Gasteiger partial charge is 0.262 e. The summed E-state index contributed by atoms with van der Waals surface area (Å²) in [4.78, 5) is 11.5. The standard InChI is InChI=1S/C16H16BrFN2O4S/c1-3-16(21)19-14-9-11(5-7-15(14)24-2)25(22,23)20-13-6-4-10(17)8-12(13)18/h4-9,20H,3H2,1-2H3,(H,19,21). The van der Waals surface area contributed by atoms with E-state index < -0.39 is 15.8 Å². The molecular formula is C16H16BrFN2O4S. The lowest BCUT2D eigenvalue weighted by Gasteiger charge is -2.13. The van der Waals surface area contributed by atoms with Crippen molar-refractivity contribution in [2.24, 2.45) is 0 Å². The van der Waals surface area contributed by atoms with Gasteiger partial charge in [0.25, 0.3) is 10.0 Å². The molecule has 0 aliphatic carbocycles. The number of sulfonamides is 1. The summed E-state index contributed by atoms with van der Waals surface area (Å²) in [6.07, 6.45) is 0.225. The van der Waals surface area contributed by atoms with E-state index in [1.54, 1.807) is 6.92 Å². The summed E-state index contributed by atoms with van der Waals surface area (Å²) < 4.78 is 46.7. The predicted octanol–water partition coefficient (Wildman–Crippen LogP) is 3.75. The van der Waals surface area contributed by atoms with Gasteiger partial charge in [0.2, 0.25) is 5.91 Å². The van der Waals surface area contributed by atoms with E-state index in [2.05, 4.69) is 26.0 Å². The molecule has 0 aliphatic heterocycles. The molecule has 134 valence electrons. The number of hydrogen-bond donors (Lipinski definition) is 2. The Hall–Kier alpha value is -2.13. The third-order valence-corrected chi connectivity index (χ3v) is 5.11. The lowest BCUT2D eigenvalue weighted by atomic mass is 10.3. The molecule has 0 saturated heterocycles. The van der Waals surface area contributed by atoms with Crippen molar-refractivity contribution in [1.29, 1.82) is 0 Å². The zero-order valence-corrected chi connectivity index (χ0v) is 15.9. The summed E-state index contributed by atoms with van der Waals surface area (Å²) in [5, 5.41) is 2.57. The van der Waals surface area contributed by atoms with Crippen LogP contribution in [0.3, 0.4) is 0 Å². The molecule has 0 aliphatic rings. The number of methoxy groups -OCH3 is 1. The van der Waals surface area contributed by atoms with Crippen molar-refractivity contribution in [1.82, 2.24) is 0 Å². The molecule has 0 spiro atoms. The molecular weight excluding hydrogens is 415 g/mol. The molecule has 0 bridgehead atoms. The molecule has 2 aromatic carbocycles. The average Bonchev–Trinajstić information content (AvgIpc) is 2.57. The van der Waals surface area contributed by atoms with E-state index in [0.717, 1.165) is 6.07 Å². The van der Waals surface area contributed by atoms with Crippen molar-refractivity contribution < 1.29 is 22.3 Å². The van der Waals surface area contributed by atoms with E-state index in [1.807, 2.05) is 0 Å². The van der Waals surface area contributed by atoms with Crippen molar-refractivity contribution in [3.63, 3.8) is 0 Å². The Kier molecular flexibility index (Phi) is 6.02. The molecule has 0 saturated carbocycles. The number of nitrogens with one attached hydrogen (secondary N) is 2. The van der Waals surface area contributed by atoms with Crippen LogP contribution in [0, 0.1) is 5.82 Å². The normalized spacial score (nSPS) is 11.0. The molecule has 0 atom stereocenters. The van der Waals surface area contributed by atoms with Gasteiger partial charge in [-0.3, -0.25) is 9.52 Å². The van der Waals surface area contributed by atoms with E-state index in [1.165, 1.54) is 37.4 Å². The minimum absolute atomic E-state index is 0.137. The van der Waals surface area contributed by atoms with Crippen LogP contribution < -0.4 is 14.8 Å². The van der Waals surface area contributed by atoms with Gasteiger partial charge < -0.3 is 10.1 Å². The quantitative estimate of drug-likeness (QED) is 0.730. The fourth-order valence-electron chi connectivity index (χ4n) is 1.97. The largest absolute Gasteiger partial charge is 0.495 e. The van der Waals surface area contributed by atoms with Crippen molar-refractivity contribution >= 4 is 43.2 Å². The Morgan fingerprint density at radius 2 is 1.92 bits per heavy atom. The van der Waals surface area contributed by atoms with Gasteiger partial charge in [-0.15, -0.1) is 0 Å². The lowest BCUT2D eigenvalue weighted by molar-refractivity contribution is -0.115. The second-order valence-electron chi connectivity index (χ2n) is 4.99. The molecule has 9 heteroatoms. The zero-order valence-electron chi connectivity index (χ0n) is 13.5. The number of amides is 1. The second-order valence-corrected chi connectivity index (χ2v) is 7.59. The molecule has 1 amide bonds. The van der Waals surface area contributed by atoms with E-state index in [0.29, 0.717) is 10.2 Å². The third-order valence-electron chi connectivity index (χ3n) is 3.25. The van der Waals surface area contributed by atoms with Gasteiger partial charge in [-0.1, -0.05) is 22.9 Å². The maximum absolute atomic E-state index is 13.9. The molecule has 25 heavy (non-hydrogen) atoms. The fraction of sp³-hybridized carbons (Fsp3) is 0.188. The fourth-order valence-corrected chi connectivity index (χ4v) is 3.39. The van der Waals surface area contributed by atoms with Gasteiger partial charge in [0.15, 0.2) is 0 Å². The Balaban J connectivity index is 2.38. The van der Waals surface area contributed by atoms with Crippen LogP contribution in [-0.4, -0.2) is 21.4 Å². The number of anilines is 2. The average molecular weight is 431 g/mol. The maximum Gasteiger partial charge on any atom is 0.262 e. The Morgan fingerprint density at radius 3 is 2.52 bits per heavy atom. The van der Waals surface area contributed by atoms with Gasteiger partial charge in [0, 0.05) is 10.9 Å². The molecule has 0 heterocycles. The number of ether oxygens (including phenoxy) is 1. The highest BCUT2D eigenvalue weighted by atomic mass is 79.9. The first-order valence-corrected chi connectivity index (χ1v) is 9.50. The van der Waals surface area contributed by atoms with Gasteiger partial charge in [-0.2, -0.15) is 0 Å². The predicted molar refractivity (Wildman–Crippen MR) is 96.8 cm³/mol. The zero-order chi connectivity index (χ0) is 18.6. The lowest BCUT2D eigenvalue weighted by Crippen LogP contribution is -2.15. The first-order chi connectivity index (χ1) is 11.8. The molecule has 2 N–H and O–H groups in total. The molecule has 2 aromatic rings. The van der Waals surface area contributed by atoms with E-state index in [9.17, 15) is 17.6 Å². The van der Waals surface area contributed by atoms with Gasteiger partial charge >= 0.3 is 0 Å². The van der Waals surface area contributed by atoms with Crippen LogP contribution in [0.25, 0.3) is 0 Å². The Morgan fingerprint density at radius 1 is 1.20 bits per heavy atom. The first-order valence-electron chi connectivity index (χ1n) is 7.22. The topological polar surface area (TPSA) is 84.5 Å². The van der Waals surface area contributed by atoms with Crippen LogP contribution in [0.1, 0.15) is 13.3 Å². The Labute approximate surface area is 153 Å². The molecule has 0 fully saturated rings. The summed E-state index contributed by atoms with van der Waals surface area (Å²) in [6.45, 7) is 1.67. The highest BCUT2D eigenvalue weighted by molar-refractivity contribution is 9.10. The second kappa shape index (κ2) is 7.83. The van der Waals surface area contributed by atoms with Crippen molar-refractivity contribution in [3.05, 3.63) is 46.7 Å². The summed E-state index contributed by atoms with van der Waals surface area (Å²) in [7, 11) is -2.65. The van der Waals surface area contributed by atoms with E-state index >= 15 is 0 Å². The molecule has 2 rings (SSSR count). The van der Waals surface area contributed by atoms with Crippen molar-refractivity contribution in [2.75, 3.05) is 17.1 Å². The first kappa shape index (κ1) is 19.2. The highest BCUT2D eigenvalue weighted by Crippen LogP contribution is 2.29. The SMILES string of the molecule is CCC(=O)Nc1cc(S(=O)(=O)Nc2ccc(Br)cc2F)ccc1OC. The van der Waals surface area contributed by atoms with Crippen LogP contribution >= 0.6 is 15.9 Å². The van der Waals surface area contributed by atoms with Gasteiger partial charge in [-0.05, 0) is 36.4 Å². The monoisotopic (exact) mass is 430 g/mol. The van der Waals surface area contributed by atoms with Crippen LogP contribution in [0.2, 0.25) is 0 Å². The minimum atomic E-state index is -4.05. The summed E-state index contributed by atoms with van der Waals surface area (Å²) in [5.41, 5.74) is 0.0339. The molecule has 0 aromatic heterocycles. The van der Waals surface area contributed by atoms with E-state index in [-0.39, 0.29) is 28.6 Å². The van der Waals surface area contributed by atoms with E-state index in [4.69, 9.17) is 4.74 Å².